The van der Waals surface area contributed by atoms with Crippen molar-refractivity contribution in [2.45, 2.75) is 50.4 Å². The van der Waals surface area contributed by atoms with Gasteiger partial charge in [0.2, 0.25) is 5.91 Å². The second-order valence-corrected chi connectivity index (χ2v) is 6.68. The lowest BCUT2D eigenvalue weighted by Gasteiger charge is -2.39. The molecule has 3 heterocycles. The molecule has 22 heavy (non-hydrogen) atoms. The van der Waals surface area contributed by atoms with E-state index >= 15 is 0 Å². The average molecular weight is 320 g/mol. The maximum atomic E-state index is 12.5. The molecule has 0 saturated carbocycles. The van der Waals surface area contributed by atoms with Crippen molar-refractivity contribution >= 4 is 34.7 Å². The molecule has 3 rings (SSSR count). The second-order valence-electron chi connectivity index (χ2n) is 5.72. The Labute approximate surface area is 133 Å². The van der Waals surface area contributed by atoms with Gasteiger partial charge in [0.1, 0.15) is 11.8 Å². The molecule has 2 aromatic heterocycles. The molecule has 1 amide bonds. The van der Waals surface area contributed by atoms with Crippen molar-refractivity contribution in [2.75, 3.05) is 11.5 Å². The third-order valence-electron chi connectivity index (χ3n) is 4.11. The number of imidazole rings is 1. The zero-order valence-electron chi connectivity index (χ0n) is 12.7. The number of thioether (sulfide) groups is 1. The van der Waals surface area contributed by atoms with Gasteiger partial charge in [-0.15, -0.1) is 0 Å². The Morgan fingerprint density at radius 3 is 2.82 bits per heavy atom. The van der Waals surface area contributed by atoms with Crippen LogP contribution in [0.25, 0.3) is 11.2 Å². The van der Waals surface area contributed by atoms with Gasteiger partial charge in [-0.1, -0.05) is 11.8 Å². The van der Waals surface area contributed by atoms with Crippen LogP contribution in [-0.2, 0) is 4.79 Å². The number of nitrogens with two attached hydrogens (primary N) is 1. The maximum absolute atomic E-state index is 12.5. The van der Waals surface area contributed by atoms with Crippen LogP contribution in [-0.4, -0.2) is 48.6 Å². The lowest BCUT2D eigenvalue weighted by molar-refractivity contribution is -0.134. The van der Waals surface area contributed by atoms with Crippen LogP contribution in [0.2, 0.25) is 0 Å². The van der Waals surface area contributed by atoms with Gasteiger partial charge in [-0.3, -0.25) is 4.79 Å². The number of aromatic nitrogens is 4. The molecule has 1 fully saturated rings. The molecule has 0 bridgehead atoms. The molecule has 1 aliphatic heterocycles. The predicted octanol–water partition coefficient (Wildman–Crippen LogP) is 1.82. The van der Waals surface area contributed by atoms with Gasteiger partial charge in [-0.05, 0) is 33.1 Å². The summed E-state index contributed by atoms with van der Waals surface area (Å²) >= 11 is 1.38. The first-order chi connectivity index (χ1) is 10.6. The fourth-order valence-corrected chi connectivity index (χ4v) is 3.75. The number of nitrogens with zero attached hydrogens (tertiary/aromatic N) is 4. The average Bonchev–Trinajstić information content (AvgIpc) is 2.89. The van der Waals surface area contributed by atoms with Crippen LogP contribution in [0, 0.1) is 0 Å². The summed E-state index contributed by atoms with van der Waals surface area (Å²) in [6.45, 7) is 4.24. The minimum Gasteiger partial charge on any atom is -0.382 e. The van der Waals surface area contributed by atoms with E-state index in [1.165, 1.54) is 24.5 Å². The molecule has 0 aromatic carbocycles. The molecule has 118 valence electrons. The summed E-state index contributed by atoms with van der Waals surface area (Å²) in [5, 5.41) is 0.646. The van der Waals surface area contributed by atoms with Gasteiger partial charge in [0, 0.05) is 12.1 Å². The Kier molecular flexibility index (Phi) is 4.19. The number of nitrogen functional groups attached to an aromatic ring is 1. The van der Waals surface area contributed by atoms with Gasteiger partial charge < -0.3 is 15.6 Å². The summed E-state index contributed by atoms with van der Waals surface area (Å²) in [5.74, 6) is 0.889. The predicted molar refractivity (Wildman–Crippen MR) is 86.4 cm³/mol. The van der Waals surface area contributed by atoms with E-state index in [-0.39, 0.29) is 5.91 Å². The molecular formula is C14H20N6OS. The summed E-state index contributed by atoms with van der Waals surface area (Å²) < 4.78 is 0. The molecule has 0 spiro atoms. The molecule has 0 radical (unpaired) electrons. The normalized spacial score (nSPS) is 22.2. The zero-order chi connectivity index (χ0) is 15.7. The molecule has 0 unspecified atom stereocenters. The number of nitrogens with one attached hydrogen (secondary N) is 1. The monoisotopic (exact) mass is 320 g/mol. The summed E-state index contributed by atoms with van der Waals surface area (Å²) in [4.78, 5) is 29.9. The molecular weight excluding hydrogens is 300 g/mol. The maximum Gasteiger partial charge on any atom is 0.233 e. The van der Waals surface area contributed by atoms with Crippen molar-refractivity contribution in [3.05, 3.63) is 6.33 Å². The van der Waals surface area contributed by atoms with Crippen LogP contribution in [0.15, 0.2) is 11.5 Å². The smallest absolute Gasteiger partial charge is 0.233 e. The number of piperidine rings is 1. The van der Waals surface area contributed by atoms with Crippen LogP contribution in [0.3, 0.4) is 0 Å². The Morgan fingerprint density at radius 2 is 2.14 bits per heavy atom. The summed E-state index contributed by atoms with van der Waals surface area (Å²) in [7, 11) is 0. The number of carbonyl (C=O) groups is 1. The molecule has 2 atom stereocenters. The van der Waals surface area contributed by atoms with E-state index in [4.69, 9.17) is 5.73 Å². The second kappa shape index (κ2) is 6.12. The number of carbonyl (C=O) groups excluding carboxylic acids is 1. The fraction of sp³-hybridized carbons (Fsp3) is 0.571. The van der Waals surface area contributed by atoms with Crippen LogP contribution < -0.4 is 5.73 Å². The van der Waals surface area contributed by atoms with E-state index in [0.29, 0.717) is 40.0 Å². The van der Waals surface area contributed by atoms with Gasteiger partial charge >= 0.3 is 0 Å². The highest BCUT2D eigenvalue weighted by atomic mass is 32.2. The highest BCUT2D eigenvalue weighted by Crippen LogP contribution is 2.25. The summed E-state index contributed by atoms with van der Waals surface area (Å²) in [6.07, 6.45) is 4.74. The Balaban J connectivity index is 1.68. The quantitative estimate of drug-likeness (QED) is 0.837. The van der Waals surface area contributed by atoms with E-state index < -0.39 is 0 Å². The van der Waals surface area contributed by atoms with Crippen molar-refractivity contribution in [1.29, 1.82) is 0 Å². The van der Waals surface area contributed by atoms with E-state index in [2.05, 4.69) is 33.8 Å². The first-order valence-electron chi connectivity index (χ1n) is 7.46. The van der Waals surface area contributed by atoms with E-state index in [0.717, 1.165) is 12.8 Å². The van der Waals surface area contributed by atoms with Crippen LogP contribution in [0.1, 0.15) is 33.1 Å². The first kappa shape index (κ1) is 15.1. The van der Waals surface area contributed by atoms with Crippen molar-refractivity contribution in [3.8, 4) is 0 Å². The van der Waals surface area contributed by atoms with Crippen molar-refractivity contribution in [1.82, 2.24) is 24.8 Å². The minimum atomic E-state index is 0.157. The zero-order valence-corrected chi connectivity index (χ0v) is 13.6. The number of H-pyrrole nitrogens is 1. The number of fused-ring (bicyclic) bond motifs is 1. The largest absolute Gasteiger partial charge is 0.382 e. The highest BCUT2D eigenvalue weighted by Gasteiger charge is 2.28. The molecule has 0 aliphatic carbocycles. The van der Waals surface area contributed by atoms with Gasteiger partial charge in [-0.2, -0.15) is 0 Å². The fourth-order valence-electron chi connectivity index (χ4n) is 3.01. The first-order valence-corrected chi connectivity index (χ1v) is 8.45. The minimum absolute atomic E-state index is 0.157. The molecule has 1 aliphatic rings. The third kappa shape index (κ3) is 2.87. The number of hydrogen-bond acceptors (Lipinski definition) is 6. The SMILES string of the molecule is C[C@@H]1CCC[C@@H](C)N1C(=O)CSc1nc2ncnc(N)c2[nH]1. The number of aromatic amines is 1. The summed E-state index contributed by atoms with van der Waals surface area (Å²) in [5.41, 5.74) is 6.92. The van der Waals surface area contributed by atoms with Gasteiger partial charge in [-0.25, -0.2) is 15.0 Å². The topological polar surface area (TPSA) is 101 Å². The number of amides is 1. The van der Waals surface area contributed by atoms with Crippen LogP contribution >= 0.6 is 11.8 Å². The van der Waals surface area contributed by atoms with E-state index in [1.54, 1.807) is 0 Å². The molecule has 2 aromatic rings. The molecule has 7 nitrogen and oxygen atoms in total. The van der Waals surface area contributed by atoms with Crippen molar-refractivity contribution in [3.63, 3.8) is 0 Å². The lowest BCUT2D eigenvalue weighted by Crippen LogP contribution is -2.48. The highest BCUT2D eigenvalue weighted by molar-refractivity contribution is 7.99. The Hall–Kier alpha value is -1.83. The van der Waals surface area contributed by atoms with Gasteiger partial charge in [0.15, 0.2) is 16.6 Å². The standard InChI is InChI=1S/C14H20N6OS/c1-8-4-3-5-9(2)20(8)10(21)6-22-14-18-11-12(15)16-7-17-13(11)19-14/h7-9H,3-6H2,1-2H3,(H3,15,16,17,18,19)/t8-,9-/m1/s1. The Morgan fingerprint density at radius 1 is 1.41 bits per heavy atom. The molecule has 8 heteroatoms. The van der Waals surface area contributed by atoms with Crippen molar-refractivity contribution < 1.29 is 4.79 Å². The molecule has 3 N–H and O–H groups in total. The van der Waals surface area contributed by atoms with Crippen LogP contribution in [0.4, 0.5) is 5.82 Å². The number of likely N-dealkylation sites (tertiary alicyclic amines) is 1. The van der Waals surface area contributed by atoms with E-state index in [9.17, 15) is 4.79 Å². The third-order valence-corrected chi connectivity index (χ3v) is 4.97. The number of rotatable bonds is 3. The van der Waals surface area contributed by atoms with Crippen molar-refractivity contribution in [2.24, 2.45) is 0 Å². The van der Waals surface area contributed by atoms with Gasteiger partial charge in [0.05, 0.1) is 5.75 Å². The number of hydrogen-bond donors (Lipinski definition) is 2. The number of anilines is 1. The van der Waals surface area contributed by atoms with Crippen LogP contribution in [0.5, 0.6) is 0 Å². The Bertz CT molecular complexity index is 677. The van der Waals surface area contributed by atoms with E-state index in [1.807, 2.05) is 4.90 Å². The molecule has 1 saturated heterocycles. The van der Waals surface area contributed by atoms with Gasteiger partial charge in [0.25, 0.3) is 0 Å². The summed E-state index contributed by atoms with van der Waals surface area (Å²) in [6, 6.07) is 0.628. The lowest BCUT2D eigenvalue weighted by atomic mass is 9.98.